The highest BCUT2D eigenvalue weighted by Crippen LogP contribution is 2.31. The summed E-state index contributed by atoms with van der Waals surface area (Å²) in [4.78, 5) is 6.78. The van der Waals surface area contributed by atoms with Gasteiger partial charge in [-0.15, -0.1) is 24.0 Å². The number of aliphatic imine (C=N–C) groups is 1. The third kappa shape index (κ3) is 5.30. The molecule has 2 atom stereocenters. The normalized spacial score (nSPS) is 20.2. The Hall–Kier alpha value is -2.16. The third-order valence-electron chi connectivity index (χ3n) is 5.70. The van der Waals surface area contributed by atoms with E-state index in [1.807, 2.05) is 31.3 Å². The fourth-order valence-electron chi connectivity index (χ4n) is 4.15. The Balaban J connectivity index is 0.00000256. The Morgan fingerprint density at radius 2 is 1.90 bits per heavy atom. The number of halogens is 1. The summed E-state index contributed by atoms with van der Waals surface area (Å²) in [7, 11) is 3.55. The molecule has 2 aliphatic rings. The Labute approximate surface area is 196 Å². The molecule has 2 aromatic rings. The SMILES string of the molecule is CN=C(NCC1CCN(c2ccccc2OC)C1)NCC1Cc2ccccc2O1.I. The zero-order valence-corrected chi connectivity index (χ0v) is 20.0. The largest absolute Gasteiger partial charge is 0.495 e. The maximum Gasteiger partial charge on any atom is 0.191 e. The van der Waals surface area contributed by atoms with Crippen LogP contribution < -0.4 is 25.0 Å². The molecule has 0 amide bonds. The number of nitrogens with one attached hydrogen (secondary N) is 2. The van der Waals surface area contributed by atoms with Crippen molar-refractivity contribution in [3.63, 3.8) is 0 Å². The van der Waals surface area contributed by atoms with Crippen LogP contribution in [0.5, 0.6) is 11.5 Å². The Morgan fingerprint density at radius 1 is 1.13 bits per heavy atom. The van der Waals surface area contributed by atoms with E-state index in [-0.39, 0.29) is 30.1 Å². The van der Waals surface area contributed by atoms with E-state index in [1.165, 1.54) is 11.3 Å². The van der Waals surface area contributed by atoms with E-state index < -0.39 is 0 Å². The lowest BCUT2D eigenvalue weighted by molar-refractivity contribution is 0.235. The average molecular weight is 522 g/mol. The molecule has 2 heterocycles. The molecule has 2 aliphatic heterocycles. The van der Waals surface area contributed by atoms with Crippen LogP contribution in [0.15, 0.2) is 53.5 Å². The van der Waals surface area contributed by atoms with Crippen molar-refractivity contribution in [2.75, 3.05) is 45.2 Å². The number of fused-ring (bicyclic) bond motifs is 1. The van der Waals surface area contributed by atoms with Crippen molar-refractivity contribution in [2.24, 2.45) is 10.9 Å². The number of hydrogen-bond acceptors (Lipinski definition) is 4. The second-order valence-corrected chi connectivity index (χ2v) is 7.66. The van der Waals surface area contributed by atoms with Crippen molar-refractivity contribution < 1.29 is 9.47 Å². The second kappa shape index (κ2) is 10.7. The van der Waals surface area contributed by atoms with Crippen molar-refractivity contribution in [1.82, 2.24) is 10.6 Å². The lowest BCUT2D eigenvalue weighted by atomic mass is 10.1. The molecule has 30 heavy (non-hydrogen) atoms. The standard InChI is InChI=1S/C23H30N4O2.HI/c1-24-23(26-15-19-13-18-7-3-5-9-21(18)29-19)25-14-17-11-12-27(16-17)20-8-4-6-10-22(20)28-2;/h3-10,17,19H,11-16H2,1-2H3,(H2,24,25,26);1H. The quantitative estimate of drug-likeness (QED) is 0.347. The van der Waals surface area contributed by atoms with E-state index in [2.05, 4.69) is 44.8 Å². The minimum atomic E-state index is 0. The molecule has 0 aromatic heterocycles. The van der Waals surface area contributed by atoms with Crippen LogP contribution in [0.4, 0.5) is 5.69 Å². The van der Waals surface area contributed by atoms with Gasteiger partial charge in [0.15, 0.2) is 5.96 Å². The van der Waals surface area contributed by atoms with Gasteiger partial charge in [0.05, 0.1) is 19.3 Å². The molecule has 0 bridgehead atoms. The van der Waals surface area contributed by atoms with Gasteiger partial charge in [0.1, 0.15) is 17.6 Å². The van der Waals surface area contributed by atoms with Crippen molar-refractivity contribution in [3.05, 3.63) is 54.1 Å². The van der Waals surface area contributed by atoms with Crippen molar-refractivity contribution in [3.8, 4) is 11.5 Å². The van der Waals surface area contributed by atoms with Gasteiger partial charge in [0.25, 0.3) is 0 Å². The van der Waals surface area contributed by atoms with Crippen LogP contribution in [-0.4, -0.2) is 52.4 Å². The lowest BCUT2D eigenvalue weighted by Crippen LogP contribution is -2.44. The fourth-order valence-corrected chi connectivity index (χ4v) is 4.15. The number of anilines is 1. The van der Waals surface area contributed by atoms with Gasteiger partial charge >= 0.3 is 0 Å². The number of hydrogen-bond donors (Lipinski definition) is 2. The van der Waals surface area contributed by atoms with E-state index in [1.54, 1.807) is 7.11 Å². The van der Waals surface area contributed by atoms with Crippen molar-refractivity contribution in [1.29, 1.82) is 0 Å². The van der Waals surface area contributed by atoms with E-state index in [0.717, 1.165) is 56.5 Å². The Bertz CT molecular complexity index is 836. The fraction of sp³-hybridized carbons (Fsp3) is 0.435. The van der Waals surface area contributed by atoms with E-state index >= 15 is 0 Å². The molecule has 1 fully saturated rings. The summed E-state index contributed by atoms with van der Waals surface area (Å²) in [5.41, 5.74) is 2.46. The number of rotatable bonds is 6. The van der Waals surface area contributed by atoms with Crippen molar-refractivity contribution in [2.45, 2.75) is 18.9 Å². The summed E-state index contributed by atoms with van der Waals surface area (Å²) >= 11 is 0. The molecule has 0 saturated carbocycles. The second-order valence-electron chi connectivity index (χ2n) is 7.66. The minimum absolute atomic E-state index is 0. The monoisotopic (exact) mass is 522 g/mol. The van der Waals surface area contributed by atoms with Crippen LogP contribution in [0.1, 0.15) is 12.0 Å². The molecule has 4 rings (SSSR count). The van der Waals surface area contributed by atoms with Crippen LogP contribution in [-0.2, 0) is 6.42 Å². The van der Waals surface area contributed by atoms with Gasteiger partial charge in [-0.3, -0.25) is 4.99 Å². The number of para-hydroxylation sites is 3. The Kier molecular flexibility index (Phi) is 8.07. The first-order valence-electron chi connectivity index (χ1n) is 10.3. The zero-order chi connectivity index (χ0) is 20.1. The van der Waals surface area contributed by atoms with Crippen LogP contribution >= 0.6 is 24.0 Å². The number of nitrogens with zero attached hydrogens (tertiary/aromatic N) is 2. The molecule has 162 valence electrons. The predicted octanol–water partition coefficient (Wildman–Crippen LogP) is 3.31. The summed E-state index contributed by atoms with van der Waals surface area (Å²) in [5, 5.41) is 6.89. The summed E-state index contributed by atoms with van der Waals surface area (Å²) in [6.07, 6.45) is 2.25. The molecule has 2 unspecified atom stereocenters. The molecule has 6 nitrogen and oxygen atoms in total. The molecular formula is C23H31IN4O2. The van der Waals surface area contributed by atoms with Gasteiger partial charge in [-0.2, -0.15) is 0 Å². The average Bonchev–Trinajstić information content (AvgIpc) is 3.40. The lowest BCUT2D eigenvalue weighted by Gasteiger charge is -2.21. The smallest absolute Gasteiger partial charge is 0.191 e. The van der Waals surface area contributed by atoms with Gasteiger partial charge < -0.3 is 25.0 Å². The summed E-state index contributed by atoms with van der Waals surface area (Å²) in [6, 6.07) is 16.5. The van der Waals surface area contributed by atoms with Gasteiger partial charge in [0, 0.05) is 33.1 Å². The maximum atomic E-state index is 6.00. The predicted molar refractivity (Wildman–Crippen MR) is 133 cm³/mol. The van der Waals surface area contributed by atoms with Crippen LogP contribution in [0, 0.1) is 5.92 Å². The zero-order valence-electron chi connectivity index (χ0n) is 17.6. The number of guanidine groups is 1. The van der Waals surface area contributed by atoms with E-state index in [4.69, 9.17) is 9.47 Å². The van der Waals surface area contributed by atoms with Gasteiger partial charge in [-0.05, 0) is 36.1 Å². The third-order valence-corrected chi connectivity index (χ3v) is 5.70. The molecule has 0 spiro atoms. The Morgan fingerprint density at radius 3 is 2.70 bits per heavy atom. The molecule has 2 aromatic carbocycles. The number of methoxy groups -OCH3 is 1. The van der Waals surface area contributed by atoms with E-state index in [0.29, 0.717) is 5.92 Å². The maximum absolute atomic E-state index is 6.00. The van der Waals surface area contributed by atoms with E-state index in [9.17, 15) is 0 Å². The van der Waals surface area contributed by atoms with Crippen LogP contribution in [0.25, 0.3) is 0 Å². The molecule has 0 radical (unpaired) electrons. The summed E-state index contributed by atoms with van der Waals surface area (Å²) in [5.74, 6) is 3.35. The highest BCUT2D eigenvalue weighted by molar-refractivity contribution is 14.0. The molecule has 1 saturated heterocycles. The van der Waals surface area contributed by atoms with Gasteiger partial charge in [-0.25, -0.2) is 0 Å². The minimum Gasteiger partial charge on any atom is -0.495 e. The number of ether oxygens (including phenoxy) is 2. The summed E-state index contributed by atoms with van der Waals surface area (Å²) < 4.78 is 11.5. The first kappa shape index (κ1) is 22.5. The summed E-state index contributed by atoms with van der Waals surface area (Å²) in [6.45, 7) is 3.71. The highest BCUT2D eigenvalue weighted by atomic mass is 127. The van der Waals surface area contributed by atoms with Crippen LogP contribution in [0.3, 0.4) is 0 Å². The van der Waals surface area contributed by atoms with Gasteiger partial charge in [-0.1, -0.05) is 30.3 Å². The molecule has 0 aliphatic carbocycles. The van der Waals surface area contributed by atoms with Crippen LogP contribution in [0.2, 0.25) is 0 Å². The molecule has 2 N–H and O–H groups in total. The molecule has 7 heteroatoms. The first-order chi connectivity index (χ1) is 14.3. The highest BCUT2D eigenvalue weighted by Gasteiger charge is 2.25. The topological polar surface area (TPSA) is 58.1 Å². The van der Waals surface area contributed by atoms with Crippen molar-refractivity contribution >= 4 is 35.6 Å². The number of benzene rings is 2. The van der Waals surface area contributed by atoms with Gasteiger partial charge in [0.2, 0.25) is 0 Å². The molecular weight excluding hydrogens is 491 g/mol. The first-order valence-corrected chi connectivity index (χ1v) is 10.3.